The highest BCUT2D eigenvalue weighted by Gasteiger charge is 2.17. The van der Waals surface area contributed by atoms with Crippen molar-refractivity contribution in [2.24, 2.45) is 0 Å². The van der Waals surface area contributed by atoms with E-state index in [2.05, 4.69) is 20.4 Å². The molecule has 7 nitrogen and oxygen atoms in total. The van der Waals surface area contributed by atoms with Gasteiger partial charge >= 0.3 is 0 Å². The van der Waals surface area contributed by atoms with Gasteiger partial charge < -0.3 is 5.32 Å². The molecule has 0 aliphatic carbocycles. The van der Waals surface area contributed by atoms with Crippen molar-refractivity contribution in [1.82, 2.24) is 19.7 Å². The van der Waals surface area contributed by atoms with Gasteiger partial charge in [-0.2, -0.15) is 9.78 Å². The first kappa shape index (κ1) is 19.3. The Morgan fingerprint density at radius 1 is 1.44 bits per heavy atom. The number of rotatable bonds is 7. The van der Waals surface area contributed by atoms with E-state index in [0.717, 1.165) is 4.88 Å². The molecule has 3 rings (SSSR count). The van der Waals surface area contributed by atoms with E-state index in [1.807, 2.05) is 24.4 Å². The number of alkyl halides is 1. The summed E-state index contributed by atoms with van der Waals surface area (Å²) in [6, 6.07) is 5.64. The van der Waals surface area contributed by atoms with Crippen LogP contribution in [0.4, 0.5) is 5.82 Å². The maximum absolute atomic E-state index is 12.3. The summed E-state index contributed by atoms with van der Waals surface area (Å²) < 4.78 is 1.46. The standard InChI is InChI=1S/C18H20ClN5O2S/c1-3-12-11(2)20-18(22-17(12)26)24-15(21-16(25)7-4-8-19)10-13(23-24)14-6-5-9-27-14/h5-6,9-10H,3-4,7-8H2,1-2H3,(H,21,25)(H,20,22,26). The van der Waals surface area contributed by atoms with Crippen LogP contribution in [0.5, 0.6) is 0 Å². The Balaban J connectivity index is 2.05. The lowest BCUT2D eigenvalue weighted by Gasteiger charge is -2.09. The van der Waals surface area contributed by atoms with Crippen LogP contribution in [0.15, 0.2) is 28.4 Å². The SMILES string of the molecule is CCc1c(C)nc(-n2nc(-c3cccs3)cc2NC(=O)CCCCl)[nH]c1=O. The molecule has 3 aromatic rings. The fourth-order valence-electron chi connectivity index (χ4n) is 2.72. The van der Waals surface area contributed by atoms with E-state index in [0.29, 0.717) is 47.9 Å². The predicted octanol–water partition coefficient (Wildman–Crippen LogP) is 3.51. The summed E-state index contributed by atoms with van der Waals surface area (Å²) in [7, 11) is 0. The van der Waals surface area contributed by atoms with Gasteiger partial charge in [0, 0.05) is 29.6 Å². The normalized spacial score (nSPS) is 10.9. The minimum atomic E-state index is -0.201. The largest absolute Gasteiger partial charge is 0.310 e. The van der Waals surface area contributed by atoms with Crippen LogP contribution in [0, 0.1) is 6.92 Å². The van der Waals surface area contributed by atoms with E-state index in [1.54, 1.807) is 24.3 Å². The first-order valence-corrected chi connectivity index (χ1v) is 10.0. The van der Waals surface area contributed by atoms with Gasteiger partial charge in [0.15, 0.2) is 0 Å². The van der Waals surface area contributed by atoms with E-state index in [9.17, 15) is 9.59 Å². The number of thiophene rings is 1. The lowest BCUT2D eigenvalue weighted by atomic mass is 10.2. The quantitative estimate of drug-likeness (QED) is 0.588. The number of hydrogen-bond donors (Lipinski definition) is 2. The third-order valence-electron chi connectivity index (χ3n) is 4.05. The zero-order chi connectivity index (χ0) is 19.4. The number of aryl methyl sites for hydroxylation is 1. The number of anilines is 1. The fraction of sp³-hybridized carbons (Fsp3) is 0.333. The molecule has 0 aliphatic rings. The number of nitrogens with zero attached hydrogens (tertiary/aromatic N) is 3. The number of carbonyl (C=O) groups is 1. The summed E-state index contributed by atoms with van der Waals surface area (Å²) in [6.07, 6.45) is 1.48. The summed E-state index contributed by atoms with van der Waals surface area (Å²) >= 11 is 7.20. The number of hydrogen-bond acceptors (Lipinski definition) is 5. The molecule has 3 heterocycles. The zero-order valence-electron chi connectivity index (χ0n) is 15.1. The van der Waals surface area contributed by atoms with Crippen molar-refractivity contribution in [3.8, 4) is 16.5 Å². The van der Waals surface area contributed by atoms with E-state index in [4.69, 9.17) is 11.6 Å². The molecule has 27 heavy (non-hydrogen) atoms. The average molecular weight is 406 g/mol. The molecule has 0 spiro atoms. The van der Waals surface area contributed by atoms with Gasteiger partial charge in [0.25, 0.3) is 5.56 Å². The summed E-state index contributed by atoms with van der Waals surface area (Å²) in [5.41, 5.74) is 1.77. The Kier molecular flexibility index (Phi) is 6.08. The van der Waals surface area contributed by atoms with Crippen molar-refractivity contribution in [1.29, 1.82) is 0 Å². The molecule has 0 radical (unpaired) electrons. The molecular weight excluding hydrogens is 386 g/mol. The smallest absolute Gasteiger partial charge is 0.255 e. The van der Waals surface area contributed by atoms with Crippen LogP contribution in [0.2, 0.25) is 0 Å². The van der Waals surface area contributed by atoms with Gasteiger partial charge in [-0.1, -0.05) is 13.0 Å². The van der Waals surface area contributed by atoms with Crippen molar-refractivity contribution in [3.63, 3.8) is 0 Å². The molecule has 0 aromatic carbocycles. The van der Waals surface area contributed by atoms with Crippen molar-refractivity contribution >= 4 is 34.7 Å². The second-order valence-corrected chi connectivity index (χ2v) is 7.28. The van der Waals surface area contributed by atoms with Crippen LogP contribution in [0.25, 0.3) is 16.5 Å². The topological polar surface area (TPSA) is 92.7 Å². The molecule has 0 saturated heterocycles. The van der Waals surface area contributed by atoms with E-state index in [-0.39, 0.29) is 17.4 Å². The molecule has 9 heteroatoms. The van der Waals surface area contributed by atoms with E-state index < -0.39 is 0 Å². The Labute approximate surface area is 165 Å². The maximum Gasteiger partial charge on any atom is 0.255 e. The number of nitrogens with one attached hydrogen (secondary N) is 2. The average Bonchev–Trinajstić information content (AvgIpc) is 3.29. The molecule has 142 valence electrons. The van der Waals surface area contributed by atoms with Gasteiger partial charge in [-0.05, 0) is 31.2 Å². The van der Waals surface area contributed by atoms with Crippen molar-refractivity contribution in [2.75, 3.05) is 11.2 Å². The highest BCUT2D eigenvalue weighted by Crippen LogP contribution is 2.27. The summed E-state index contributed by atoms with van der Waals surface area (Å²) in [6.45, 7) is 3.70. The van der Waals surface area contributed by atoms with Gasteiger partial charge in [-0.25, -0.2) is 4.98 Å². The van der Waals surface area contributed by atoms with Crippen LogP contribution < -0.4 is 10.9 Å². The van der Waals surface area contributed by atoms with Crippen LogP contribution in [-0.4, -0.2) is 31.5 Å². The van der Waals surface area contributed by atoms with E-state index in [1.165, 1.54) is 4.68 Å². The molecule has 0 aliphatic heterocycles. The highest BCUT2D eigenvalue weighted by atomic mass is 35.5. The van der Waals surface area contributed by atoms with Crippen molar-refractivity contribution in [3.05, 3.63) is 45.2 Å². The molecule has 1 amide bonds. The fourth-order valence-corrected chi connectivity index (χ4v) is 3.54. The third-order valence-corrected chi connectivity index (χ3v) is 5.21. The molecular formula is C18H20ClN5O2S. The summed E-state index contributed by atoms with van der Waals surface area (Å²) in [5.74, 6) is 0.966. The predicted molar refractivity (Wildman–Crippen MR) is 108 cm³/mol. The third kappa shape index (κ3) is 4.28. The lowest BCUT2D eigenvalue weighted by molar-refractivity contribution is -0.116. The van der Waals surface area contributed by atoms with Gasteiger partial charge in [-0.3, -0.25) is 14.6 Å². The molecule has 0 bridgehead atoms. The van der Waals surface area contributed by atoms with Crippen molar-refractivity contribution < 1.29 is 4.79 Å². The minimum absolute atomic E-state index is 0.168. The van der Waals surface area contributed by atoms with Gasteiger partial charge in [0.1, 0.15) is 11.5 Å². The summed E-state index contributed by atoms with van der Waals surface area (Å²) in [4.78, 5) is 32.7. The number of amides is 1. The first-order valence-electron chi connectivity index (χ1n) is 8.63. The van der Waals surface area contributed by atoms with Gasteiger partial charge in [0.2, 0.25) is 11.9 Å². The molecule has 2 N–H and O–H groups in total. The number of aromatic amines is 1. The van der Waals surface area contributed by atoms with Crippen molar-refractivity contribution in [2.45, 2.75) is 33.1 Å². The van der Waals surface area contributed by atoms with Gasteiger partial charge in [0.05, 0.1) is 4.88 Å². The zero-order valence-corrected chi connectivity index (χ0v) is 16.7. The lowest BCUT2D eigenvalue weighted by Crippen LogP contribution is -2.21. The highest BCUT2D eigenvalue weighted by molar-refractivity contribution is 7.13. The summed E-state index contributed by atoms with van der Waals surface area (Å²) in [5, 5.41) is 9.34. The number of aromatic nitrogens is 4. The minimum Gasteiger partial charge on any atom is -0.310 e. The first-order chi connectivity index (χ1) is 13.0. The molecule has 3 aromatic heterocycles. The molecule has 0 unspecified atom stereocenters. The Hall–Kier alpha value is -2.45. The molecule has 0 atom stereocenters. The second kappa shape index (κ2) is 8.49. The van der Waals surface area contributed by atoms with Crippen LogP contribution in [0.1, 0.15) is 31.0 Å². The number of halogens is 1. The second-order valence-electron chi connectivity index (χ2n) is 5.95. The Morgan fingerprint density at radius 3 is 2.89 bits per heavy atom. The molecule has 0 fully saturated rings. The number of H-pyrrole nitrogens is 1. The van der Waals surface area contributed by atoms with Gasteiger partial charge in [-0.15, -0.1) is 22.9 Å². The number of carbonyl (C=O) groups excluding carboxylic acids is 1. The molecule has 0 saturated carbocycles. The Bertz CT molecular complexity index is 994. The Morgan fingerprint density at radius 2 is 2.26 bits per heavy atom. The van der Waals surface area contributed by atoms with Crippen LogP contribution >= 0.6 is 22.9 Å². The van der Waals surface area contributed by atoms with Crippen LogP contribution in [0.3, 0.4) is 0 Å². The monoisotopic (exact) mass is 405 g/mol. The maximum atomic E-state index is 12.3. The van der Waals surface area contributed by atoms with E-state index >= 15 is 0 Å². The van der Waals surface area contributed by atoms with Crippen LogP contribution in [-0.2, 0) is 11.2 Å².